The van der Waals surface area contributed by atoms with E-state index < -0.39 is 0 Å². The number of carbonyl (C=O) groups excluding carboxylic acids is 8. The van der Waals surface area contributed by atoms with Crippen molar-refractivity contribution in [3.8, 4) is 180 Å². The van der Waals surface area contributed by atoms with Crippen LogP contribution in [0, 0.1) is 227 Å². The molecule has 0 aromatic carbocycles. The second-order valence-corrected chi connectivity index (χ2v) is 36.3. The molecule has 0 saturated carbocycles. The van der Waals surface area contributed by atoms with Crippen molar-refractivity contribution < 1.29 is 38.4 Å². The maximum atomic E-state index is 11.4. The Morgan fingerprint density at radius 1 is 0.236 bits per heavy atom. The standard InChI is InChI=1S/C20H29NO.C19H27NO.C17H25NO.2C16H23NO.2C15H21NO.C14H19NO/c1-4-5-6-7-8-9-10-11-12-13-14-15-16-17-20(22)21-18-19(2)3;1-4-5-6-7-8-9-10-11-12-13-14-15-16-19(21)20-17-18(2)3;1-4-6-7-8-9-10-11-12-13-14-17(19)18-15-16(3)5-2;2*1-4-5-6-7-8-9-10-11-12-13-16(18)17-14-15(2)3;1-4-5-6-7-8-9-10-11-12-15(17)16-13-14(2)3;1-4-6-7-8-9-10-11-12-15(17)16-13-14(3)5-2;1-4-5-6-7-8-9-10-11-14(16)15-12-13(2)3/h9-10,16-17,19H,8,11-15,18H2,1-3H3,(H,21,22);1,8-9,15-16,18H,7,10-14,17H2,2-3H3,(H,20,21);13-14,16H,5,9-12,15H2,1-3H3,(H,18,19);12-13,15H,8-11,14H2,1-3H3,(H,17,18);4-5,10-13,15H,8-9,14H2,1-3H3,(H,17,18);1,11-12,14H,7-10,13H2,2-3H3,(H,16,17);1,11-12,14H,5,8-10,13H2,2-3H3,(H,16,17);1,10-11,13H,7-9,12H2,2-3H3,(H,15,16)/b10-9-,17-16+;9-8-,16-15+;14-13+;13-12+;5-4-,11-10-,13-12+;12-11+;12-11-;11-10-. The van der Waals surface area contributed by atoms with Gasteiger partial charge in [0.15, 0.2) is 0 Å². The van der Waals surface area contributed by atoms with Crippen LogP contribution in [0.15, 0.2) is 146 Å². The zero-order chi connectivity index (χ0) is 112. The zero-order valence-corrected chi connectivity index (χ0v) is 94.7. The van der Waals surface area contributed by atoms with Crippen LogP contribution in [-0.4, -0.2) is 99.6 Å². The number of amides is 8. The number of rotatable bonds is 61. The number of hydrogen-bond acceptors (Lipinski definition) is 8. The molecule has 0 spiro atoms. The molecule has 0 aromatic heterocycles. The molecule has 2 unspecified atom stereocenters. The smallest absolute Gasteiger partial charge is 0.243 e. The van der Waals surface area contributed by atoms with E-state index in [2.05, 4.69) is 332 Å². The predicted octanol–water partition coefficient (Wildman–Crippen LogP) is 24.7. The first kappa shape index (κ1) is 149. The van der Waals surface area contributed by atoms with Crippen molar-refractivity contribution in [3.63, 3.8) is 0 Å². The summed E-state index contributed by atoms with van der Waals surface area (Å²) >= 11 is 0. The van der Waals surface area contributed by atoms with Gasteiger partial charge in [-0.25, -0.2) is 0 Å². The third-order valence-corrected chi connectivity index (χ3v) is 18.8. The van der Waals surface area contributed by atoms with E-state index in [1.54, 1.807) is 75.5 Å². The van der Waals surface area contributed by atoms with Gasteiger partial charge in [0, 0.05) is 110 Å². The molecule has 16 heteroatoms. The Hall–Kier alpha value is -14.0. The van der Waals surface area contributed by atoms with Gasteiger partial charge in [0.25, 0.3) is 0 Å². The Kier molecular flexibility index (Phi) is 130. The van der Waals surface area contributed by atoms with Gasteiger partial charge in [-0.05, 0) is 348 Å². The van der Waals surface area contributed by atoms with Crippen LogP contribution in [0.1, 0.15) is 357 Å². The SMILES string of the molecule is C#CC#CC/C=C\CCCCC/C=C/C(=O)NCC(C)C.C#CC#CCCC/C=C\C(=O)NCC(C)C.C#CC#CCCC/C=C\C(=O)NCC(C)CC.C#CC#CCCCC/C=C/C(=O)NCC(C)C.C/C=C\C#CCC/C=C\C=C\C(=O)NCC(C)C.CC#CC#CC/C=C\CCCCC/C=C/C(=O)NCC(C)C.CC#CC#CCCCC/C=C/C(=O)NCC(C)C.CC#CC#CCCCC/C=C/C(=O)NCC(C)CC. The van der Waals surface area contributed by atoms with Crippen molar-refractivity contribution >= 4 is 47.3 Å². The summed E-state index contributed by atoms with van der Waals surface area (Å²) in [6.07, 6.45) is 97.5. The van der Waals surface area contributed by atoms with Gasteiger partial charge >= 0.3 is 0 Å². The molecule has 0 fully saturated rings. The van der Waals surface area contributed by atoms with Crippen molar-refractivity contribution in [1.82, 2.24) is 42.5 Å². The molecule has 0 aliphatic carbocycles. The van der Waals surface area contributed by atoms with Gasteiger partial charge < -0.3 is 42.5 Å². The van der Waals surface area contributed by atoms with E-state index in [0.717, 1.165) is 238 Å². The minimum absolute atomic E-state index is 0.00159. The highest BCUT2D eigenvalue weighted by Gasteiger charge is 2.06. The highest BCUT2D eigenvalue weighted by Crippen LogP contribution is 2.09. The fraction of sp³-hybridized carbons (Fsp3) is 0.530. The molecule has 2 atom stereocenters. The van der Waals surface area contributed by atoms with Crippen molar-refractivity contribution in [1.29, 1.82) is 0 Å². The summed E-state index contributed by atoms with van der Waals surface area (Å²) in [6.45, 7) is 46.6. The molecule has 0 bridgehead atoms. The number of allylic oxidation sites excluding steroid dienone is 16. The average Bonchev–Trinajstić information content (AvgIpc) is 1.01. The van der Waals surface area contributed by atoms with Gasteiger partial charge in [0.1, 0.15) is 0 Å². The van der Waals surface area contributed by atoms with E-state index in [1.807, 2.05) is 73.8 Å². The Bertz CT molecular complexity index is 4840. The number of unbranched alkanes of at least 4 members (excludes halogenated alkanes) is 22. The van der Waals surface area contributed by atoms with Gasteiger partial charge in [-0.2, -0.15) is 0 Å². The topological polar surface area (TPSA) is 233 Å². The Labute approximate surface area is 904 Å². The molecule has 804 valence electrons. The van der Waals surface area contributed by atoms with Crippen LogP contribution in [-0.2, 0) is 38.4 Å². The lowest BCUT2D eigenvalue weighted by Gasteiger charge is -2.07. The monoisotopic (exact) mass is 2010 g/mol. The van der Waals surface area contributed by atoms with Gasteiger partial charge in [0.2, 0.25) is 47.3 Å². The summed E-state index contributed by atoms with van der Waals surface area (Å²) < 4.78 is 0. The van der Waals surface area contributed by atoms with Crippen LogP contribution in [0.25, 0.3) is 0 Å². The zero-order valence-electron chi connectivity index (χ0n) is 94.7. The van der Waals surface area contributed by atoms with Crippen LogP contribution in [0.5, 0.6) is 0 Å². The van der Waals surface area contributed by atoms with Gasteiger partial charge in [-0.15, -0.1) is 25.7 Å². The highest BCUT2D eigenvalue weighted by molar-refractivity contribution is 5.90. The maximum Gasteiger partial charge on any atom is 0.243 e. The summed E-state index contributed by atoms with van der Waals surface area (Å²) in [5.41, 5.74) is 0. The maximum absolute atomic E-state index is 11.4. The number of hydrogen-bond donors (Lipinski definition) is 8. The fourth-order valence-corrected chi connectivity index (χ4v) is 10.1. The Balaban J connectivity index is -0.000000253. The Morgan fingerprint density at radius 3 is 0.743 bits per heavy atom. The molecule has 0 aliphatic rings. The fourth-order valence-electron chi connectivity index (χ4n) is 10.1. The van der Waals surface area contributed by atoms with Crippen molar-refractivity contribution in [3.05, 3.63) is 146 Å². The molecule has 16 nitrogen and oxygen atoms in total. The van der Waals surface area contributed by atoms with E-state index in [1.165, 1.54) is 25.7 Å². The van der Waals surface area contributed by atoms with E-state index in [-0.39, 0.29) is 47.3 Å². The van der Waals surface area contributed by atoms with E-state index in [9.17, 15) is 38.4 Å². The molecular formula is C132H188N8O8. The lowest BCUT2D eigenvalue weighted by atomic mass is 10.1. The molecule has 0 aliphatic heterocycles. The summed E-state index contributed by atoms with van der Waals surface area (Å²) in [4.78, 5) is 90.7. The molecular weight excluding hydrogens is 1830 g/mol. The molecule has 0 radical (unpaired) electrons. The van der Waals surface area contributed by atoms with Crippen LogP contribution in [0.2, 0.25) is 0 Å². The molecule has 8 amide bonds. The van der Waals surface area contributed by atoms with E-state index >= 15 is 0 Å². The third-order valence-electron chi connectivity index (χ3n) is 18.8. The normalized spacial score (nSPS) is 10.5. The quantitative estimate of drug-likeness (QED) is 0.00957. The van der Waals surface area contributed by atoms with Gasteiger partial charge in [-0.1, -0.05) is 299 Å². The first-order chi connectivity index (χ1) is 71.4. The molecule has 8 N–H and O–H groups in total. The van der Waals surface area contributed by atoms with Crippen molar-refractivity contribution in [2.24, 2.45) is 47.3 Å². The van der Waals surface area contributed by atoms with Gasteiger partial charge in [0.05, 0.1) is 0 Å². The minimum atomic E-state index is -0.0405. The van der Waals surface area contributed by atoms with Crippen LogP contribution in [0.3, 0.4) is 0 Å². The molecule has 0 rings (SSSR count). The lowest BCUT2D eigenvalue weighted by Crippen LogP contribution is -2.26. The van der Waals surface area contributed by atoms with Crippen molar-refractivity contribution in [2.75, 3.05) is 52.4 Å². The van der Waals surface area contributed by atoms with Crippen LogP contribution < -0.4 is 42.5 Å². The third kappa shape index (κ3) is 157. The highest BCUT2D eigenvalue weighted by atomic mass is 16.2. The molecule has 148 heavy (non-hydrogen) atoms. The first-order valence-corrected chi connectivity index (χ1v) is 53.4. The summed E-state index contributed by atoms with van der Waals surface area (Å²) in [6, 6.07) is 0. The minimum Gasteiger partial charge on any atom is -0.352 e. The summed E-state index contributed by atoms with van der Waals surface area (Å²) in [7, 11) is 0. The molecule has 0 saturated heterocycles. The number of carbonyl (C=O) groups is 8. The lowest BCUT2D eigenvalue weighted by molar-refractivity contribution is -0.117. The first-order valence-electron chi connectivity index (χ1n) is 53.4. The van der Waals surface area contributed by atoms with E-state index in [4.69, 9.17) is 25.7 Å². The summed E-state index contributed by atoms with van der Waals surface area (Å²) in [5, 5.41) is 22.8. The van der Waals surface area contributed by atoms with Crippen molar-refractivity contribution in [2.45, 2.75) is 357 Å². The largest absolute Gasteiger partial charge is 0.352 e. The van der Waals surface area contributed by atoms with Gasteiger partial charge in [-0.3, -0.25) is 38.4 Å². The molecule has 0 aromatic rings. The average molecular weight is 2020 g/mol. The number of terminal acetylenes is 4. The Morgan fingerprint density at radius 2 is 0.473 bits per heavy atom. The molecule has 0 heterocycles. The van der Waals surface area contributed by atoms with Crippen LogP contribution in [0.4, 0.5) is 0 Å². The van der Waals surface area contributed by atoms with Crippen LogP contribution >= 0.6 is 0 Å². The van der Waals surface area contributed by atoms with E-state index in [0.29, 0.717) is 53.9 Å². The summed E-state index contributed by atoms with van der Waals surface area (Å²) in [5.74, 6) is 74.4. The second kappa shape index (κ2) is 129. The number of nitrogens with one attached hydrogen (secondary N) is 8. The second-order valence-electron chi connectivity index (χ2n) is 36.3. The predicted molar refractivity (Wildman–Crippen MR) is 633 cm³/mol.